The van der Waals surface area contributed by atoms with Gasteiger partial charge in [-0.25, -0.2) is 0 Å². The molecule has 170 valence electrons. The Bertz CT molecular complexity index is 948. The van der Waals surface area contributed by atoms with Crippen LogP contribution in [0.5, 0.6) is 17.2 Å². The van der Waals surface area contributed by atoms with Crippen molar-refractivity contribution >= 4 is 11.8 Å². The van der Waals surface area contributed by atoms with Gasteiger partial charge in [0.05, 0.1) is 45.7 Å². The highest BCUT2D eigenvalue weighted by atomic mass is 16.5. The quantitative estimate of drug-likeness (QED) is 0.673. The molecule has 0 radical (unpaired) electrons. The summed E-state index contributed by atoms with van der Waals surface area (Å²) in [6.45, 7) is 2.29. The van der Waals surface area contributed by atoms with E-state index < -0.39 is 6.04 Å². The summed E-state index contributed by atoms with van der Waals surface area (Å²) < 4.78 is 22.1. The average Bonchev–Trinajstić information content (AvgIpc) is 3.27. The summed E-state index contributed by atoms with van der Waals surface area (Å²) in [5, 5.41) is 0. The molecule has 2 aromatic rings. The largest absolute Gasteiger partial charge is 0.497 e. The zero-order chi connectivity index (χ0) is 22.5. The maximum atomic E-state index is 13.6. The first kappa shape index (κ1) is 21.9. The average molecular weight is 441 g/mol. The number of benzene rings is 1. The Morgan fingerprint density at radius 1 is 1.09 bits per heavy atom. The number of hydrogen-bond acceptors (Lipinski definition) is 7. The van der Waals surface area contributed by atoms with E-state index in [0.717, 1.165) is 0 Å². The molecule has 2 atom stereocenters. The van der Waals surface area contributed by atoms with Gasteiger partial charge >= 0.3 is 0 Å². The molecule has 0 spiro atoms. The number of likely N-dealkylation sites (tertiary alicyclic amines) is 1. The number of nitrogens with zero attached hydrogens (tertiary/aromatic N) is 3. The zero-order valence-electron chi connectivity index (χ0n) is 18.2. The van der Waals surface area contributed by atoms with E-state index in [9.17, 15) is 9.59 Å². The van der Waals surface area contributed by atoms with Gasteiger partial charge in [-0.1, -0.05) is 0 Å². The van der Waals surface area contributed by atoms with Crippen LogP contribution in [0, 0.1) is 0 Å². The first-order valence-electron chi connectivity index (χ1n) is 10.6. The Kier molecular flexibility index (Phi) is 6.75. The molecule has 2 saturated heterocycles. The smallest absolute Gasteiger partial charge is 0.258 e. The second kappa shape index (κ2) is 9.86. The van der Waals surface area contributed by atoms with Gasteiger partial charge in [-0.05, 0) is 24.3 Å². The van der Waals surface area contributed by atoms with E-state index in [1.165, 1.54) is 7.11 Å². The van der Waals surface area contributed by atoms with Gasteiger partial charge in [0.25, 0.3) is 5.91 Å². The molecule has 9 heteroatoms. The number of morpholine rings is 1. The van der Waals surface area contributed by atoms with Crippen LogP contribution in [-0.2, 0) is 9.53 Å². The van der Waals surface area contributed by atoms with Crippen molar-refractivity contribution in [3.8, 4) is 17.2 Å². The fourth-order valence-electron chi connectivity index (χ4n) is 4.08. The summed E-state index contributed by atoms with van der Waals surface area (Å²) in [6.07, 6.45) is 3.35. The molecule has 0 N–H and O–H groups in total. The molecule has 2 amide bonds. The molecule has 4 rings (SSSR count). The van der Waals surface area contributed by atoms with Crippen molar-refractivity contribution in [3.63, 3.8) is 0 Å². The predicted molar refractivity (Wildman–Crippen MR) is 115 cm³/mol. The summed E-state index contributed by atoms with van der Waals surface area (Å²) >= 11 is 0. The second-order valence-corrected chi connectivity index (χ2v) is 7.64. The van der Waals surface area contributed by atoms with Crippen LogP contribution in [0.4, 0.5) is 0 Å². The number of aromatic nitrogens is 1. The van der Waals surface area contributed by atoms with Gasteiger partial charge in [-0.15, -0.1) is 0 Å². The number of amides is 2. The van der Waals surface area contributed by atoms with E-state index in [-0.39, 0.29) is 24.5 Å². The molecule has 1 aromatic carbocycles. The highest BCUT2D eigenvalue weighted by molar-refractivity contribution is 6.00. The lowest BCUT2D eigenvalue weighted by molar-refractivity contribution is -0.139. The van der Waals surface area contributed by atoms with Crippen LogP contribution in [0.3, 0.4) is 0 Å². The number of pyridine rings is 1. The Morgan fingerprint density at radius 3 is 2.59 bits per heavy atom. The Balaban J connectivity index is 1.60. The van der Waals surface area contributed by atoms with Crippen LogP contribution in [0.2, 0.25) is 0 Å². The number of carbonyl (C=O) groups is 2. The second-order valence-electron chi connectivity index (χ2n) is 7.64. The van der Waals surface area contributed by atoms with Gasteiger partial charge in [0, 0.05) is 31.8 Å². The fourth-order valence-corrected chi connectivity index (χ4v) is 4.08. The lowest BCUT2D eigenvalue weighted by atomic mass is 10.1. The third kappa shape index (κ3) is 4.62. The predicted octanol–water partition coefficient (Wildman–Crippen LogP) is 1.62. The molecule has 0 aliphatic carbocycles. The van der Waals surface area contributed by atoms with Crippen molar-refractivity contribution < 1.29 is 28.5 Å². The van der Waals surface area contributed by atoms with Crippen molar-refractivity contribution in [1.82, 2.24) is 14.8 Å². The molecular formula is C23H27N3O6. The van der Waals surface area contributed by atoms with Gasteiger partial charge in [-0.3, -0.25) is 14.6 Å². The molecule has 2 unspecified atom stereocenters. The van der Waals surface area contributed by atoms with Crippen LogP contribution < -0.4 is 14.2 Å². The van der Waals surface area contributed by atoms with Crippen molar-refractivity contribution in [2.75, 3.05) is 47.1 Å². The lowest BCUT2D eigenvalue weighted by Crippen LogP contribution is -2.51. The van der Waals surface area contributed by atoms with Crippen molar-refractivity contribution in [1.29, 1.82) is 0 Å². The third-order valence-corrected chi connectivity index (χ3v) is 5.71. The van der Waals surface area contributed by atoms with E-state index in [4.69, 9.17) is 18.9 Å². The molecule has 2 aliphatic rings. The summed E-state index contributed by atoms with van der Waals surface area (Å²) in [4.78, 5) is 34.3. The minimum Gasteiger partial charge on any atom is -0.497 e. The van der Waals surface area contributed by atoms with Crippen molar-refractivity contribution in [2.24, 2.45) is 0 Å². The Morgan fingerprint density at radius 2 is 1.91 bits per heavy atom. The lowest BCUT2D eigenvalue weighted by Gasteiger charge is -2.32. The molecule has 2 fully saturated rings. The molecule has 9 nitrogen and oxygen atoms in total. The van der Waals surface area contributed by atoms with Gasteiger partial charge in [0.15, 0.2) is 0 Å². The monoisotopic (exact) mass is 441 g/mol. The van der Waals surface area contributed by atoms with Gasteiger partial charge in [0.1, 0.15) is 29.4 Å². The molecule has 3 heterocycles. The van der Waals surface area contributed by atoms with Gasteiger partial charge < -0.3 is 28.7 Å². The molecule has 2 aliphatic heterocycles. The summed E-state index contributed by atoms with van der Waals surface area (Å²) in [5.74, 6) is 1.20. The molecule has 0 bridgehead atoms. The standard InChI is InChI=1S/C23H27N3O6/c1-29-16-5-6-19(21(13-16)30-2)22(27)26-15-18(32-17-4-3-7-24-14-17)12-20(26)23(28)25-8-10-31-11-9-25/h3-7,13-14,18,20H,8-12,15H2,1-2H3. The van der Waals surface area contributed by atoms with E-state index in [2.05, 4.69) is 4.98 Å². The Labute approximate surface area is 186 Å². The van der Waals surface area contributed by atoms with E-state index in [1.807, 2.05) is 6.07 Å². The van der Waals surface area contributed by atoms with Crippen LogP contribution in [0.15, 0.2) is 42.7 Å². The summed E-state index contributed by atoms with van der Waals surface area (Å²) in [5.41, 5.74) is 0.370. The molecule has 1 aromatic heterocycles. The number of hydrogen-bond donors (Lipinski definition) is 0. The SMILES string of the molecule is COc1ccc(C(=O)N2CC(Oc3cccnc3)CC2C(=O)N2CCOCC2)c(OC)c1. The minimum atomic E-state index is -0.630. The van der Waals surface area contributed by atoms with E-state index in [0.29, 0.717) is 55.5 Å². The molecular weight excluding hydrogens is 414 g/mol. The maximum Gasteiger partial charge on any atom is 0.258 e. The maximum absolute atomic E-state index is 13.6. The first-order chi connectivity index (χ1) is 15.6. The minimum absolute atomic E-state index is 0.0913. The molecule has 32 heavy (non-hydrogen) atoms. The first-order valence-corrected chi connectivity index (χ1v) is 10.6. The normalized spacial score (nSPS) is 20.7. The van der Waals surface area contributed by atoms with Gasteiger partial charge in [0.2, 0.25) is 5.91 Å². The van der Waals surface area contributed by atoms with Crippen LogP contribution in [-0.4, -0.2) is 85.8 Å². The summed E-state index contributed by atoms with van der Waals surface area (Å²) in [7, 11) is 3.05. The van der Waals surface area contributed by atoms with Gasteiger partial charge in [-0.2, -0.15) is 0 Å². The van der Waals surface area contributed by atoms with E-state index >= 15 is 0 Å². The highest BCUT2D eigenvalue weighted by Gasteiger charge is 2.43. The number of methoxy groups -OCH3 is 2. The Hall–Kier alpha value is -3.33. The number of ether oxygens (including phenoxy) is 4. The number of carbonyl (C=O) groups excluding carboxylic acids is 2. The van der Waals surface area contributed by atoms with Crippen LogP contribution in [0.25, 0.3) is 0 Å². The van der Waals surface area contributed by atoms with Crippen LogP contribution >= 0.6 is 0 Å². The molecule has 0 saturated carbocycles. The topological polar surface area (TPSA) is 90.4 Å². The summed E-state index contributed by atoms with van der Waals surface area (Å²) in [6, 6.07) is 7.98. The van der Waals surface area contributed by atoms with Crippen LogP contribution in [0.1, 0.15) is 16.8 Å². The highest BCUT2D eigenvalue weighted by Crippen LogP contribution is 2.30. The number of rotatable bonds is 6. The van der Waals surface area contributed by atoms with Crippen molar-refractivity contribution in [2.45, 2.75) is 18.6 Å². The fraction of sp³-hybridized carbons (Fsp3) is 0.435. The third-order valence-electron chi connectivity index (χ3n) is 5.71. The van der Waals surface area contributed by atoms with Crippen molar-refractivity contribution in [3.05, 3.63) is 48.3 Å². The van der Waals surface area contributed by atoms with E-state index in [1.54, 1.807) is 53.6 Å². The zero-order valence-corrected chi connectivity index (χ0v) is 18.2.